The third-order valence-corrected chi connectivity index (χ3v) is 14.2. The molecule has 13 heteroatoms. The van der Waals surface area contributed by atoms with Gasteiger partial charge in [0.05, 0.1) is 46.3 Å². The van der Waals surface area contributed by atoms with Crippen molar-refractivity contribution in [2.24, 2.45) is 17.3 Å². The Kier molecular flexibility index (Phi) is 10.5. The summed E-state index contributed by atoms with van der Waals surface area (Å²) in [5.41, 5.74) is 1.67. The van der Waals surface area contributed by atoms with E-state index in [1.807, 2.05) is 72.1 Å². The van der Waals surface area contributed by atoms with Crippen molar-refractivity contribution in [2.45, 2.75) is 88.0 Å². The number of methoxy groups -OCH3 is 1. The molecule has 11 nitrogen and oxygen atoms in total. The third-order valence-electron chi connectivity index (χ3n) is 11.5. The lowest BCUT2D eigenvalue weighted by molar-refractivity contribution is -0.142. The second-order valence-electron chi connectivity index (χ2n) is 15.4. The molecular formula is C42H46N4O7S2. The van der Waals surface area contributed by atoms with Gasteiger partial charge in [0, 0.05) is 24.8 Å². The summed E-state index contributed by atoms with van der Waals surface area (Å²) < 4.78 is 40.3. The van der Waals surface area contributed by atoms with E-state index >= 15 is 0 Å². The highest BCUT2D eigenvalue weighted by Gasteiger charge is 2.61. The Morgan fingerprint density at radius 2 is 1.84 bits per heavy atom. The molecule has 0 spiro atoms. The molecule has 2 saturated carbocycles. The predicted molar refractivity (Wildman–Crippen MR) is 210 cm³/mol. The van der Waals surface area contributed by atoms with Crippen LogP contribution in [0.15, 0.2) is 78.2 Å². The molecule has 4 heterocycles. The van der Waals surface area contributed by atoms with Crippen LogP contribution >= 0.6 is 11.3 Å². The number of carbonyl (C=O) groups is 3. The summed E-state index contributed by atoms with van der Waals surface area (Å²) >= 11 is 1.51. The van der Waals surface area contributed by atoms with Gasteiger partial charge in [-0.05, 0) is 80.0 Å². The first-order valence-electron chi connectivity index (χ1n) is 19.3. The summed E-state index contributed by atoms with van der Waals surface area (Å²) in [5, 5.41) is 1.38. The van der Waals surface area contributed by atoms with Gasteiger partial charge in [-0.25, -0.2) is 18.4 Å². The standard InChI is InChI=1S/C42H46N4O7S2/c1-52-30-16-19-33-34(22-30)43-38(37-15-10-20-54-37)39(44-33)53-31-23-35-36(47)25-42(41(49)45-55(50,51)32-17-18-32)24-29(42)14-9-4-2-3-8-13-28(40(48)46(35)26-31)21-27-11-6-5-7-12-27/h5-7,9-12,14-16,19-20,22,28-29,31-32,35H,2-4,8,13,17-18,21,23-26H2,1H3,(H,45,49)/b14-9-/t28-,29-,31-,35+,42-/m1/s1. The van der Waals surface area contributed by atoms with E-state index in [9.17, 15) is 22.8 Å². The minimum Gasteiger partial charge on any atom is -0.497 e. The molecule has 5 atom stereocenters. The maximum atomic E-state index is 14.8. The van der Waals surface area contributed by atoms with Gasteiger partial charge in [-0.15, -0.1) is 11.3 Å². The molecule has 0 unspecified atom stereocenters. The topological polar surface area (TPSA) is 145 Å². The van der Waals surface area contributed by atoms with Crippen LogP contribution in [0.25, 0.3) is 21.6 Å². The number of ether oxygens (including phenoxy) is 2. The lowest BCUT2D eigenvalue weighted by atomic mass is 9.90. The highest BCUT2D eigenvalue weighted by molar-refractivity contribution is 7.90. The van der Waals surface area contributed by atoms with Crippen molar-refractivity contribution < 1.29 is 32.3 Å². The zero-order valence-corrected chi connectivity index (χ0v) is 32.5. The van der Waals surface area contributed by atoms with E-state index in [4.69, 9.17) is 19.4 Å². The van der Waals surface area contributed by atoms with E-state index in [-0.39, 0.29) is 42.9 Å². The molecule has 2 aliphatic heterocycles. The van der Waals surface area contributed by atoms with Gasteiger partial charge in [0.25, 0.3) is 0 Å². The van der Waals surface area contributed by atoms with E-state index < -0.39 is 38.7 Å². The molecule has 2 aromatic carbocycles. The van der Waals surface area contributed by atoms with Crippen LogP contribution in [0.1, 0.15) is 69.8 Å². The number of rotatable bonds is 9. The van der Waals surface area contributed by atoms with Crippen LogP contribution in [0.3, 0.4) is 0 Å². The molecule has 1 N–H and O–H groups in total. The van der Waals surface area contributed by atoms with Crippen LogP contribution in [0, 0.1) is 17.3 Å². The first kappa shape index (κ1) is 37.3. The van der Waals surface area contributed by atoms with Gasteiger partial charge in [-0.3, -0.25) is 19.1 Å². The maximum Gasteiger partial charge on any atom is 0.242 e. The van der Waals surface area contributed by atoms with Crippen LogP contribution in [0.5, 0.6) is 11.6 Å². The normalized spacial score (nSPS) is 26.7. The largest absolute Gasteiger partial charge is 0.497 e. The van der Waals surface area contributed by atoms with Gasteiger partial charge in [-0.2, -0.15) is 0 Å². The molecule has 2 aromatic heterocycles. The molecule has 1 saturated heterocycles. The number of amides is 2. The molecule has 8 rings (SSSR count). The van der Waals surface area contributed by atoms with Crippen LogP contribution in [-0.4, -0.2) is 71.9 Å². The molecular weight excluding hydrogens is 737 g/mol. The van der Waals surface area contributed by atoms with Crippen molar-refractivity contribution in [2.75, 3.05) is 13.7 Å². The van der Waals surface area contributed by atoms with Gasteiger partial charge >= 0.3 is 0 Å². The van der Waals surface area contributed by atoms with Crippen molar-refractivity contribution in [3.05, 3.63) is 83.8 Å². The zero-order valence-electron chi connectivity index (χ0n) is 30.9. The Bertz CT molecular complexity index is 2210. The molecule has 0 radical (unpaired) electrons. The van der Waals surface area contributed by atoms with Crippen LogP contribution in [0.2, 0.25) is 0 Å². The van der Waals surface area contributed by atoms with E-state index in [1.165, 1.54) is 11.3 Å². The maximum absolute atomic E-state index is 14.8. The van der Waals surface area contributed by atoms with Gasteiger partial charge < -0.3 is 14.4 Å². The minimum absolute atomic E-state index is 0.112. The number of aromatic nitrogens is 2. The lowest BCUT2D eigenvalue weighted by Crippen LogP contribution is -2.46. The highest BCUT2D eigenvalue weighted by atomic mass is 32.2. The molecule has 2 amide bonds. The fraction of sp³-hybridized carbons (Fsp3) is 0.452. The number of fused-ring (bicyclic) bond motifs is 3. The first-order chi connectivity index (χ1) is 26.6. The monoisotopic (exact) mass is 782 g/mol. The number of hydrogen-bond acceptors (Lipinski definition) is 10. The molecule has 0 bridgehead atoms. The minimum atomic E-state index is -3.82. The van der Waals surface area contributed by atoms with Gasteiger partial charge in [0.2, 0.25) is 27.7 Å². The Morgan fingerprint density at radius 1 is 1.00 bits per heavy atom. The van der Waals surface area contributed by atoms with E-state index in [0.717, 1.165) is 36.1 Å². The van der Waals surface area contributed by atoms with Crippen molar-refractivity contribution in [3.63, 3.8) is 0 Å². The summed E-state index contributed by atoms with van der Waals surface area (Å²) in [4.78, 5) is 55.6. The molecule has 55 heavy (non-hydrogen) atoms. The van der Waals surface area contributed by atoms with Crippen molar-refractivity contribution in [1.29, 1.82) is 0 Å². The van der Waals surface area contributed by atoms with Crippen molar-refractivity contribution in [1.82, 2.24) is 19.6 Å². The van der Waals surface area contributed by atoms with Crippen molar-refractivity contribution >= 4 is 50.0 Å². The van der Waals surface area contributed by atoms with E-state index in [0.29, 0.717) is 60.5 Å². The molecule has 2 aliphatic carbocycles. The van der Waals surface area contributed by atoms with Gasteiger partial charge in [-0.1, -0.05) is 61.4 Å². The van der Waals surface area contributed by atoms with E-state index in [2.05, 4.69) is 10.8 Å². The number of Topliss-reactive ketones (excluding diaryl/α,β-unsaturated/α-hetero) is 1. The predicted octanol–water partition coefficient (Wildman–Crippen LogP) is 6.67. The zero-order chi connectivity index (χ0) is 38.2. The molecule has 4 aliphatic rings. The summed E-state index contributed by atoms with van der Waals surface area (Å²) in [6, 6.07) is 18.4. The number of hydrogen-bond donors (Lipinski definition) is 1. The molecule has 288 valence electrons. The Morgan fingerprint density at radius 3 is 2.60 bits per heavy atom. The van der Waals surface area contributed by atoms with E-state index in [1.54, 1.807) is 12.0 Å². The van der Waals surface area contributed by atoms with Crippen molar-refractivity contribution in [3.8, 4) is 22.2 Å². The average Bonchev–Trinajstić information content (AvgIpc) is 4.05. The number of nitrogens with zero attached hydrogens (tertiary/aromatic N) is 3. The fourth-order valence-corrected chi connectivity index (χ4v) is 10.3. The Labute approximate surface area is 325 Å². The number of thiophene rings is 1. The summed E-state index contributed by atoms with van der Waals surface area (Å²) in [7, 11) is -2.22. The quantitative estimate of drug-likeness (QED) is 0.184. The highest BCUT2D eigenvalue weighted by Crippen LogP contribution is 2.57. The Hall–Kier alpha value is -4.62. The second kappa shape index (κ2) is 15.5. The average molecular weight is 783 g/mol. The fourth-order valence-electron chi connectivity index (χ4n) is 8.18. The molecule has 3 fully saturated rings. The Balaban J connectivity index is 1.13. The first-order valence-corrected chi connectivity index (χ1v) is 21.7. The summed E-state index contributed by atoms with van der Waals surface area (Å²) in [5.74, 6) is -0.664. The van der Waals surface area contributed by atoms with Crippen LogP contribution < -0.4 is 14.2 Å². The second-order valence-corrected chi connectivity index (χ2v) is 18.3. The SMILES string of the molecule is COc1ccc2nc(O[C@@H]3C[C@H]4C(=O)C[C@]5(C(=O)NS(=O)(=O)C6CC6)C[C@H]5/C=C\CCCCC[C@H](Cc5ccccc5)C(=O)N4C3)c(-c3cccs3)nc2c1. The third kappa shape index (κ3) is 8.05. The number of benzene rings is 2. The number of carbonyl (C=O) groups excluding carboxylic acids is 3. The smallest absolute Gasteiger partial charge is 0.242 e. The van der Waals surface area contributed by atoms with Gasteiger partial charge in [0.1, 0.15) is 17.5 Å². The van der Waals surface area contributed by atoms with Crippen LogP contribution in [0.4, 0.5) is 0 Å². The lowest BCUT2D eigenvalue weighted by Gasteiger charge is -2.29. The number of sulfonamides is 1. The van der Waals surface area contributed by atoms with Crippen LogP contribution in [-0.2, 0) is 30.8 Å². The summed E-state index contributed by atoms with van der Waals surface area (Å²) in [6.07, 6.45) is 9.65. The number of allylic oxidation sites excluding steroid dienone is 2. The number of ketones is 1. The summed E-state index contributed by atoms with van der Waals surface area (Å²) in [6.45, 7) is 0.158. The molecule has 4 aromatic rings. The number of nitrogens with one attached hydrogen (secondary N) is 1. The van der Waals surface area contributed by atoms with Gasteiger partial charge in [0.15, 0.2) is 5.78 Å².